The molecule has 0 heterocycles. The van der Waals surface area contributed by atoms with Gasteiger partial charge in [-0.25, -0.2) is 13.8 Å². The van der Waals surface area contributed by atoms with E-state index in [1.54, 1.807) is 18.2 Å². The van der Waals surface area contributed by atoms with Gasteiger partial charge in [-0.3, -0.25) is 9.52 Å². The lowest BCUT2D eigenvalue weighted by Gasteiger charge is -2.12. The van der Waals surface area contributed by atoms with E-state index < -0.39 is 15.9 Å². The van der Waals surface area contributed by atoms with Gasteiger partial charge in [-0.2, -0.15) is 5.10 Å². The van der Waals surface area contributed by atoms with Crippen LogP contribution in [0.3, 0.4) is 0 Å². The number of rotatable bonds is 5. The molecule has 2 aromatic carbocycles. The van der Waals surface area contributed by atoms with Crippen LogP contribution in [0.4, 0.5) is 5.69 Å². The molecule has 1 fully saturated rings. The highest BCUT2D eigenvalue weighted by molar-refractivity contribution is 7.92. The van der Waals surface area contributed by atoms with E-state index in [0.717, 1.165) is 42.5 Å². The largest absolute Gasteiger partial charge is 0.279 e. The second-order valence-corrected chi connectivity index (χ2v) is 8.46. The molecule has 0 spiro atoms. The SMILES string of the molecule is Cc1ccc(NS(=O)(=O)c2cccc(C(=O)NN=C3CCCC3)c2)c(C)c1. The van der Waals surface area contributed by atoms with Crippen molar-refractivity contribution in [2.24, 2.45) is 5.10 Å². The maximum absolute atomic E-state index is 12.7. The van der Waals surface area contributed by atoms with Crippen LogP contribution in [0.1, 0.15) is 47.2 Å². The smallest absolute Gasteiger partial charge is 0.271 e. The molecular weight excluding hydrogens is 362 g/mol. The number of nitrogens with zero attached hydrogens (tertiary/aromatic N) is 1. The zero-order valence-electron chi connectivity index (χ0n) is 15.5. The number of aryl methyl sites for hydroxylation is 2. The van der Waals surface area contributed by atoms with Gasteiger partial charge < -0.3 is 0 Å². The summed E-state index contributed by atoms with van der Waals surface area (Å²) in [6, 6.07) is 11.4. The molecule has 3 rings (SSSR count). The van der Waals surface area contributed by atoms with Crippen molar-refractivity contribution in [3.63, 3.8) is 0 Å². The number of amides is 1. The molecular formula is C20H23N3O3S. The van der Waals surface area contributed by atoms with E-state index in [1.165, 1.54) is 12.1 Å². The normalized spacial score (nSPS) is 14.1. The van der Waals surface area contributed by atoms with E-state index in [2.05, 4.69) is 15.2 Å². The zero-order valence-corrected chi connectivity index (χ0v) is 16.3. The lowest BCUT2D eigenvalue weighted by molar-refractivity contribution is 0.0954. The first-order valence-electron chi connectivity index (χ1n) is 8.91. The van der Waals surface area contributed by atoms with Gasteiger partial charge in [0.05, 0.1) is 10.6 Å². The fourth-order valence-electron chi connectivity index (χ4n) is 3.03. The van der Waals surface area contributed by atoms with Crippen molar-refractivity contribution in [3.05, 3.63) is 59.2 Å². The maximum atomic E-state index is 12.7. The lowest BCUT2D eigenvalue weighted by atomic mass is 10.1. The van der Waals surface area contributed by atoms with E-state index in [9.17, 15) is 13.2 Å². The third-order valence-corrected chi connectivity index (χ3v) is 5.89. The summed E-state index contributed by atoms with van der Waals surface area (Å²) in [6.45, 7) is 3.79. The predicted molar refractivity (Wildman–Crippen MR) is 107 cm³/mol. The van der Waals surface area contributed by atoms with E-state index in [1.807, 2.05) is 26.0 Å². The Morgan fingerprint density at radius 2 is 1.78 bits per heavy atom. The van der Waals surface area contributed by atoms with Gasteiger partial charge in [0.2, 0.25) is 0 Å². The maximum Gasteiger partial charge on any atom is 0.271 e. The molecule has 1 aliphatic rings. The Hall–Kier alpha value is -2.67. The number of anilines is 1. The lowest BCUT2D eigenvalue weighted by Crippen LogP contribution is -2.20. The number of hydrogen-bond donors (Lipinski definition) is 2. The molecule has 0 unspecified atom stereocenters. The first-order chi connectivity index (χ1) is 12.8. The van der Waals surface area contributed by atoms with Gasteiger partial charge in [0, 0.05) is 11.3 Å². The van der Waals surface area contributed by atoms with E-state index in [4.69, 9.17) is 0 Å². The van der Waals surface area contributed by atoms with Gasteiger partial charge in [-0.15, -0.1) is 0 Å². The number of nitrogens with one attached hydrogen (secondary N) is 2. The van der Waals surface area contributed by atoms with E-state index in [0.29, 0.717) is 5.69 Å². The summed E-state index contributed by atoms with van der Waals surface area (Å²) in [5.41, 5.74) is 6.15. The van der Waals surface area contributed by atoms with Gasteiger partial charge in [0.15, 0.2) is 0 Å². The molecule has 7 heteroatoms. The standard InChI is InChI=1S/C20H23N3O3S/c1-14-10-11-19(15(2)12-14)23-27(25,26)18-9-5-6-16(13-18)20(24)22-21-17-7-3-4-8-17/h5-6,9-13,23H,3-4,7-8H2,1-2H3,(H,22,24). The van der Waals surface area contributed by atoms with E-state index in [-0.39, 0.29) is 10.5 Å². The monoisotopic (exact) mass is 385 g/mol. The van der Waals surface area contributed by atoms with Crippen LogP contribution in [-0.2, 0) is 10.0 Å². The molecule has 142 valence electrons. The average molecular weight is 385 g/mol. The van der Waals surface area contributed by atoms with Gasteiger partial charge in [-0.05, 0) is 69.4 Å². The van der Waals surface area contributed by atoms with Crippen LogP contribution < -0.4 is 10.1 Å². The Morgan fingerprint density at radius 3 is 2.48 bits per heavy atom. The molecule has 0 saturated heterocycles. The Balaban J connectivity index is 1.79. The summed E-state index contributed by atoms with van der Waals surface area (Å²) in [5, 5.41) is 4.13. The van der Waals surface area contributed by atoms with Crippen molar-refractivity contribution >= 4 is 27.3 Å². The molecule has 0 aromatic heterocycles. The van der Waals surface area contributed by atoms with Crippen LogP contribution in [0.25, 0.3) is 0 Å². The first kappa shape index (κ1) is 19.1. The molecule has 1 amide bonds. The number of sulfonamides is 1. The summed E-state index contributed by atoms with van der Waals surface area (Å²) < 4.78 is 28.0. The van der Waals surface area contributed by atoms with Gasteiger partial charge >= 0.3 is 0 Å². The van der Waals surface area contributed by atoms with Gasteiger partial charge in [0.25, 0.3) is 15.9 Å². The third kappa shape index (κ3) is 4.74. The fraction of sp³-hybridized carbons (Fsp3) is 0.300. The molecule has 6 nitrogen and oxygen atoms in total. The zero-order chi connectivity index (χ0) is 19.4. The van der Waals surface area contributed by atoms with Crippen LogP contribution in [0.15, 0.2) is 52.5 Å². The summed E-state index contributed by atoms with van der Waals surface area (Å²) >= 11 is 0. The van der Waals surface area contributed by atoms with Crippen LogP contribution >= 0.6 is 0 Å². The van der Waals surface area contributed by atoms with Crippen LogP contribution in [0, 0.1) is 13.8 Å². The van der Waals surface area contributed by atoms with Crippen molar-refractivity contribution in [2.45, 2.75) is 44.4 Å². The number of hydrogen-bond acceptors (Lipinski definition) is 4. The van der Waals surface area contributed by atoms with Crippen LogP contribution in [0.5, 0.6) is 0 Å². The van der Waals surface area contributed by atoms with Crippen molar-refractivity contribution < 1.29 is 13.2 Å². The summed E-state index contributed by atoms with van der Waals surface area (Å²) in [4.78, 5) is 12.3. The molecule has 2 N–H and O–H groups in total. The molecule has 0 aliphatic heterocycles. The minimum Gasteiger partial charge on any atom is -0.279 e. The minimum atomic E-state index is -3.80. The average Bonchev–Trinajstić information content (AvgIpc) is 3.16. The molecule has 0 radical (unpaired) electrons. The second kappa shape index (κ2) is 7.92. The molecule has 0 atom stereocenters. The Morgan fingerprint density at radius 1 is 1.04 bits per heavy atom. The summed E-state index contributed by atoms with van der Waals surface area (Å²) in [5.74, 6) is -0.419. The number of benzene rings is 2. The molecule has 0 bridgehead atoms. The quantitative estimate of drug-likeness (QED) is 0.768. The first-order valence-corrected chi connectivity index (χ1v) is 10.4. The molecule has 1 saturated carbocycles. The van der Waals surface area contributed by atoms with Gasteiger partial charge in [0.1, 0.15) is 0 Å². The van der Waals surface area contributed by atoms with Crippen molar-refractivity contribution in [1.82, 2.24) is 5.43 Å². The molecule has 27 heavy (non-hydrogen) atoms. The second-order valence-electron chi connectivity index (χ2n) is 6.78. The predicted octanol–water partition coefficient (Wildman–Crippen LogP) is 3.76. The summed E-state index contributed by atoms with van der Waals surface area (Å²) in [7, 11) is -3.80. The topological polar surface area (TPSA) is 87.6 Å². The van der Waals surface area contributed by atoms with E-state index >= 15 is 0 Å². The fourth-order valence-corrected chi connectivity index (χ4v) is 4.20. The molecule has 1 aliphatic carbocycles. The van der Waals surface area contributed by atoms with Crippen molar-refractivity contribution in [1.29, 1.82) is 0 Å². The van der Waals surface area contributed by atoms with Crippen molar-refractivity contribution in [2.75, 3.05) is 4.72 Å². The third-order valence-electron chi connectivity index (χ3n) is 4.53. The molecule has 2 aromatic rings. The Kier molecular flexibility index (Phi) is 5.60. The number of carbonyl (C=O) groups excluding carboxylic acids is 1. The van der Waals surface area contributed by atoms with Gasteiger partial charge in [-0.1, -0.05) is 23.8 Å². The van der Waals surface area contributed by atoms with Crippen LogP contribution in [-0.4, -0.2) is 20.0 Å². The number of carbonyl (C=O) groups is 1. The van der Waals surface area contributed by atoms with Crippen LogP contribution in [0.2, 0.25) is 0 Å². The minimum absolute atomic E-state index is 0.0312. The van der Waals surface area contributed by atoms with Crippen molar-refractivity contribution in [3.8, 4) is 0 Å². The highest BCUT2D eigenvalue weighted by atomic mass is 32.2. The number of hydrazone groups is 1. The Labute approximate surface area is 159 Å². The highest BCUT2D eigenvalue weighted by Crippen LogP contribution is 2.21. The highest BCUT2D eigenvalue weighted by Gasteiger charge is 2.18. The Bertz CT molecular complexity index is 989. The summed E-state index contributed by atoms with van der Waals surface area (Å²) in [6.07, 6.45) is 3.97.